The Morgan fingerprint density at radius 2 is 1.77 bits per heavy atom. The van der Waals surface area contributed by atoms with Gasteiger partial charge in [-0.15, -0.1) is 24.8 Å². The Bertz CT molecular complexity index is 307. The summed E-state index contributed by atoms with van der Waals surface area (Å²) in [6.45, 7) is 5.87. The highest BCUT2D eigenvalue weighted by atomic mass is 35.5. The molecule has 5 nitrogen and oxygen atoms in total. The van der Waals surface area contributed by atoms with E-state index < -0.39 is 0 Å². The minimum Gasteiger partial charge on any atom is -0.379 e. The second kappa shape index (κ2) is 11.5. The lowest BCUT2D eigenvalue weighted by molar-refractivity contribution is -0.124. The van der Waals surface area contributed by atoms with Crippen LogP contribution < -0.4 is 11.1 Å². The van der Waals surface area contributed by atoms with Crippen LogP contribution in [0.3, 0.4) is 0 Å². The van der Waals surface area contributed by atoms with Gasteiger partial charge in [-0.25, -0.2) is 0 Å². The average Bonchev–Trinajstić information content (AvgIpc) is 2.49. The molecular weight excluding hydrogens is 325 g/mol. The summed E-state index contributed by atoms with van der Waals surface area (Å²) in [7, 11) is 0. The van der Waals surface area contributed by atoms with Gasteiger partial charge in [-0.2, -0.15) is 0 Å². The van der Waals surface area contributed by atoms with E-state index in [0.29, 0.717) is 13.0 Å². The van der Waals surface area contributed by atoms with Crippen molar-refractivity contribution in [2.45, 2.75) is 38.5 Å². The van der Waals surface area contributed by atoms with E-state index in [9.17, 15) is 4.79 Å². The predicted octanol–water partition coefficient (Wildman–Crippen LogP) is 1.58. The molecule has 0 radical (unpaired) electrons. The Balaban J connectivity index is 0.00000220. The van der Waals surface area contributed by atoms with E-state index in [2.05, 4.69) is 10.2 Å². The Labute approximate surface area is 146 Å². The van der Waals surface area contributed by atoms with E-state index in [0.717, 1.165) is 52.2 Å². The zero-order valence-corrected chi connectivity index (χ0v) is 15.0. The number of ether oxygens (including phenoxy) is 1. The smallest absolute Gasteiger partial charge is 0.220 e. The summed E-state index contributed by atoms with van der Waals surface area (Å²) in [6.07, 6.45) is 6.56. The van der Waals surface area contributed by atoms with Crippen LogP contribution in [0.15, 0.2) is 0 Å². The molecule has 2 fully saturated rings. The number of nitrogens with two attached hydrogens (primary N) is 1. The van der Waals surface area contributed by atoms with Crippen molar-refractivity contribution in [2.24, 2.45) is 11.1 Å². The summed E-state index contributed by atoms with van der Waals surface area (Å²) in [5.74, 6) is 0.172. The molecule has 0 spiro atoms. The van der Waals surface area contributed by atoms with Crippen molar-refractivity contribution in [3.63, 3.8) is 0 Å². The quantitative estimate of drug-likeness (QED) is 0.758. The van der Waals surface area contributed by atoms with E-state index in [1.807, 2.05) is 0 Å². The number of carbonyl (C=O) groups excluding carboxylic acids is 1. The van der Waals surface area contributed by atoms with Gasteiger partial charge in [0.25, 0.3) is 0 Å². The van der Waals surface area contributed by atoms with Gasteiger partial charge in [-0.3, -0.25) is 9.69 Å². The van der Waals surface area contributed by atoms with Gasteiger partial charge in [0.1, 0.15) is 0 Å². The molecule has 1 saturated heterocycles. The van der Waals surface area contributed by atoms with Gasteiger partial charge in [-0.05, 0) is 24.8 Å². The lowest BCUT2D eigenvalue weighted by Crippen LogP contribution is -2.43. The van der Waals surface area contributed by atoms with Crippen LogP contribution in [0.2, 0.25) is 0 Å². The molecule has 7 heteroatoms. The zero-order chi connectivity index (χ0) is 14.3. The fraction of sp³-hybridized carbons (Fsp3) is 0.933. The molecule has 0 aromatic carbocycles. The van der Waals surface area contributed by atoms with Gasteiger partial charge in [-0.1, -0.05) is 19.3 Å². The molecule has 3 N–H and O–H groups in total. The molecule has 2 rings (SSSR count). The van der Waals surface area contributed by atoms with Gasteiger partial charge >= 0.3 is 0 Å². The van der Waals surface area contributed by atoms with Crippen LogP contribution in [0.5, 0.6) is 0 Å². The Kier molecular flexibility index (Phi) is 11.4. The SMILES string of the molecule is Cl.Cl.NCC1(CC(=O)NCCN2CCOCC2)CCCCC1. The normalized spacial score (nSPS) is 21.3. The van der Waals surface area contributed by atoms with Crippen LogP contribution in [-0.4, -0.2) is 56.7 Å². The van der Waals surface area contributed by atoms with Crippen molar-refractivity contribution < 1.29 is 9.53 Å². The first-order valence-electron chi connectivity index (χ1n) is 8.01. The fourth-order valence-electron chi connectivity index (χ4n) is 3.34. The maximum atomic E-state index is 12.1. The molecule has 0 aromatic rings. The van der Waals surface area contributed by atoms with E-state index in [1.165, 1.54) is 19.3 Å². The molecule has 2 aliphatic rings. The van der Waals surface area contributed by atoms with Crippen LogP contribution in [-0.2, 0) is 9.53 Å². The topological polar surface area (TPSA) is 67.6 Å². The summed E-state index contributed by atoms with van der Waals surface area (Å²) in [4.78, 5) is 14.4. The van der Waals surface area contributed by atoms with Crippen molar-refractivity contribution in [2.75, 3.05) is 45.9 Å². The van der Waals surface area contributed by atoms with Crippen LogP contribution in [0.4, 0.5) is 0 Å². The first-order chi connectivity index (χ1) is 9.74. The lowest BCUT2D eigenvalue weighted by Gasteiger charge is -2.35. The second-order valence-electron chi connectivity index (χ2n) is 6.25. The van der Waals surface area contributed by atoms with Crippen molar-refractivity contribution >= 4 is 30.7 Å². The van der Waals surface area contributed by atoms with Gasteiger partial charge in [0.15, 0.2) is 0 Å². The number of amides is 1. The molecule has 0 bridgehead atoms. The van der Waals surface area contributed by atoms with E-state index >= 15 is 0 Å². The van der Waals surface area contributed by atoms with Gasteiger partial charge in [0.2, 0.25) is 5.91 Å². The highest BCUT2D eigenvalue weighted by Gasteiger charge is 2.32. The molecule has 0 unspecified atom stereocenters. The second-order valence-corrected chi connectivity index (χ2v) is 6.25. The van der Waals surface area contributed by atoms with Gasteiger partial charge in [0, 0.05) is 32.6 Å². The standard InChI is InChI=1S/C15H29N3O2.2ClH/c16-13-15(4-2-1-3-5-15)12-14(19)17-6-7-18-8-10-20-11-9-18;;/h1-13,16H2,(H,17,19);2*1H. The number of rotatable bonds is 6. The molecule has 1 saturated carbocycles. The maximum absolute atomic E-state index is 12.1. The number of carbonyl (C=O) groups is 1. The first-order valence-corrected chi connectivity index (χ1v) is 8.01. The third-order valence-corrected chi connectivity index (χ3v) is 4.74. The van der Waals surface area contributed by atoms with Crippen molar-refractivity contribution in [1.82, 2.24) is 10.2 Å². The highest BCUT2D eigenvalue weighted by Crippen LogP contribution is 2.38. The number of hydrogen-bond donors (Lipinski definition) is 2. The zero-order valence-electron chi connectivity index (χ0n) is 13.3. The summed E-state index contributed by atoms with van der Waals surface area (Å²) >= 11 is 0. The van der Waals surface area contributed by atoms with Crippen LogP contribution >= 0.6 is 24.8 Å². The Morgan fingerprint density at radius 3 is 2.36 bits per heavy atom. The third kappa shape index (κ3) is 7.01. The molecule has 1 amide bonds. The largest absolute Gasteiger partial charge is 0.379 e. The molecule has 0 aromatic heterocycles. The Hall–Kier alpha value is -0.0700. The van der Waals surface area contributed by atoms with Gasteiger partial charge in [0.05, 0.1) is 13.2 Å². The fourth-order valence-corrected chi connectivity index (χ4v) is 3.34. The summed E-state index contributed by atoms with van der Waals surface area (Å²) in [5.41, 5.74) is 6.00. The molecule has 22 heavy (non-hydrogen) atoms. The van der Waals surface area contributed by atoms with Crippen molar-refractivity contribution in [3.05, 3.63) is 0 Å². The number of halogens is 2. The average molecular weight is 356 g/mol. The summed E-state index contributed by atoms with van der Waals surface area (Å²) in [5, 5.41) is 3.06. The number of nitrogens with zero attached hydrogens (tertiary/aromatic N) is 1. The lowest BCUT2D eigenvalue weighted by atomic mass is 9.71. The van der Waals surface area contributed by atoms with E-state index in [-0.39, 0.29) is 36.1 Å². The molecule has 132 valence electrons. The number of hydrogen-bond acceptors (Lipinski definition) is 4. The molecule has 1 aliphatic carbocycles. The van der Waals surface area contributed by atoms with Crippen LogP contribution in [0, 0.1) is 5.41 Å². The van der Waals surface area contributed by atoms with Crippen LogP contribution in [0.25, 0.3) is 0 Å². The van der Waals surface area contributed by atoms with E-state index in [1.54, 1.807) is 0 Å². The number of morpholine rings is 1. The molecule has 1 aliphatic heterocycles. The summed E-state index contributed by atoms with van der Waals surface area (Å²) < 4.78 is 5.31. The molecule has 1 heterocycles. The first kappa shape index (κ1) is 21.9. The van der Waals surface area contributed by atoms with Crippen molar-refractivity contribution in [3.8, 4) is 0 Å². The summed E-state index contributed by atoms with van der Waals surface area (Å²) in [6, 6.07) is 0. The third-order valence-electron chi connectivity index (χ3n) is 4.74. The maximum Gasteiger partial charge on any atom is 0.220 e. The monoisotopic (exact) mass is 355 g/mol. The van der Waals surface area contributed by atoms with Crippen molar-refractivity contribution in [1.29, 1.82) is 0 Å². The molecule has 0 atom stereocenters. The highest BCUT2D eigenvalue weighted by molar-refractivity contribution is 5.85. The van der Waals surface area contributed by atoms with Gasteiger partial charge < -0.3 is 15.8 Å². The minimum atomic E-state index is 0. The number of nitrogens with one attached hydrogen (secondary N) is 1. The minimum absolute atomic E-state index is 0. The molecular formula is C15H31Cl2N3O2. The Morgan fingerprint density at radius 1 is 1.14 bits per heavy atom. The van der Waals surface area contributed by atoms with E-state index in [4.69, 9.17) is 10.5 Å². The predicted molar refractivity (Wildman–Crippen MR) is 94.0 cm³/mol. The van der Waals surface area contributed by atoms with Crippen LogP contribution in [0.1, 0.15) is 38.5 Å².